The first-order valence-corrected chi connectivity index (χ1v) is 7.88. The number of carbonyl (C=O) groups excluding carboxylic acids is 1. The maximum absolute atomic E-state index is 12.7. The molecule has 6 nitrogen and oxygen atoms in total. The average molecular weight is 363 g/mol. The van der Waals surface area contributed by atoms with Gasteiger partial charge in [0, 0.05) is 17.6 Å². The van der Waals surface area contributed by atoms with Crippen LogP contribution in [0.4, 0.5) is 0 Å². The van der Waals surface area contributed by atoms with Crippen molar-refractivity contribution in [3.8, 4) is 11.5 Å². The van der Waals surface area contributed by atoms with E-state index in [0.717, 1.165) is 0 Å². The minimum absolute atomic E-state index is 0.114. The molecule has 1 aliphatic rings. The summed E-state index contributed by atoms with van der Waals surface area (Å²) in [6, 6.07) is 3.10. The number of carbonyl (C=O) groups is 2. The number of carboxylic acids is 1. The van der Waals surface area contributed by atoms with Crippen molar-refractivity contribution in [3.05, 3.63) is 50.9 Å². The van der Waals surface area contributed by atoms with Crippen molar-refractivity contribution in [2.24, 2.45) is 0 Å². The highest BCUT2D eigenvalue weighted by Crippen LogP contribution is 2.37. The summed E-state index contributed by atoms with van der Waals surface area (Å²) in [5, 5.41) is 19.0. The molecule has 2 N–H and O–H groups in total. The molecular formula is C18H15ClO6. The first-order chi connectivity index (χ1) is 11.8. The molecule has 0 aliphatic heterocycles. The Kier molecular flexibility index (Phi) is 4.30. The number of ether oxygens (including phenoxy) is 1. The number of allylic oxidation sites excluding steroid dienone is 1. The lowest BCUT2D eigenvalue weighted by atomic mass is 9.88. The van der Waals surface area contributed by atoms with Gasteiger partial charge in [0.15, 0.2) is 17.3 Å². The monoisotopic (exact) mass is 362 g/mol. The number of furan rings is 1. The van der Waals surface area contributed by atoms with Gasteiger partial charge < -0.3 is 19.4 Å². The summed E-state index contributed by atoms with van der Waals surface area (Å²) in [5.74, 6) is -1.22. The van der Waals surface area contributed by atoms with Crippen LogP contribution in [0.25, 0.3) is 6.08 Å². The van der Waals surface area contributed by atoms with Gasteiger partial charge in [-0.3, -0.25) is 4.79 Å². The summed E-state index contributed by atoms with van der Waals surface area (Å²) in [7, 11) is 1.41. The van der Waals surface area contributed by atoms with Gasteiger partial charge in [-0.25, -0.2) is 4.79 Å². The van der Waals surface area contributed by atoms with Crippen molar-refractivity contribution in [3.63, 3.8) is 0 Å². The Morgan fingerprint density at radius 1 is 1.36 bits per heavy atom. The quantitative estimate of drug-likeness (QED) is 0.804. The Labute approximate surface area is 148 Å². The number of ketones is 1. The predicted octanol–water partition coefficient (Wildman–Crippen LogP) is 3.87. The summed E-state index contributed by atoms with van der Waals surface area (Å²) in [6.45, 7) is 1.56. The number of hydrogen-bond donors (Lipinski definition) is 2. The highest BCUT2D eigenvalue weighted by molar-refractivity contribution is 6.32. The van der Waals surface area contributed by atoms with E-state index in [2.05, 4.69) is 0 Å². The SMILES string of the molecule is COc1cc(C=C2CCc3oc(C(=O)O)c(C)c3C2=O)cc(Cl)c1O. The van der Waals surface area contributed by atoms with Gasteiger partial charge in [0.2, 0.25) is 5.76 Å². The van der Waals surface area contributed by atoms with Crippen LogP contribution < -0.4 is 4.74 Å². The van der Waals surface area contributed by atoms with Gasteiger partial charge in [-0.05, 0) is 37.1 Å². The van der Waals surface area contributed by atoms with Crippen LogP contribution in [0.5, 0.6) is 11.5 Å². The normalized spacial score (nSPS) is 15.3. The van der Waals surface area contributed by atoms with E-state index in [1.54, 1.807) is 19.1 Å². The molecule has 2 aromatic rings. The maximum atomic E-state index is 12.7. The van der Waals surface area contributed by atoms with Crippen LogP contribution in [-0.2, 0) is 6.42 Å². The number of rotatable bonds is 3. The topological polar surface area (TPSA) is 97.0 Å². The van der Waals surface area contributed by atoms with Gasteiger partial charge in [0.25, 0.3) is 0 Å². The summed E-state index contributed by atoms with van der Waals surface area (Å²) >= 11 is 5.97. The maximum Gasteiger partial charge on any atom is 0.372 e. The zero-order valence-electron chi connectivity index (χ0n) is 13.6. The van der Waals surface area contributed by atoms with Crippen molar-refractivity contribution in [1.82, 2.24) is 0 Å². The molecule has 25 heavy (non-hydrogen) atoms. The molecule has 1 aliphatic carbocycles. The fourth-order valence-corrected chi connectivity index (χ4v) is 3.16. The zero-order valence-corrected chi connectivity index (χ0v) is 14.3. The summed E-state index contributed by atoms with van der Waals surface area (Å²) in [5.41, 5.74) is 1.76. The molecule has 7 heteroatoms. The molecule has 0 spiro atoms. The van der Waals surface area contributed by atoms with Crippen LogP contribution in [0.3, 0.4) is 0 Å². The predicted molar refractivity (Wildman–Crippen MR) is 90.7 cm³/mol. The number of Topliss-reactive ketones (excluding diaryl/α,β-unsaturated/α-hetero) is 1. The first-order valence-electron chi connectivity index (χ1n) is 7.50. The fraction of sp³-hybridized carbons (Fsp3) is 0.222. The van der Waals surface area contributed by atoms with E-state index in [0.29, 0.717) is 40.9 Å². The van der Waals surface area contributed by atoms with E-state index in [1.165, 1.54) is 13.2 Å². The Balaban J connectivity index is 2.04. The second kappa shape index (κ2) is 6.29. The lowest BCUT2D eigenvalue weighted by Crippen LogP contribution is -2.13. The average Bonchev–Trinajstić information content (AvgIpc) is 2.91. The lowest BCUT2D eigenvalue weighted by Gasteiger charge is -2.14. The van der Waals surface area contributed by atoms with Crippen LogP contribution >= 0.6 is 11.6 Å². The Morgan fingerprint density at radius 3 is 2.72 bits per heavy atom. The lowest BCUT2D eigenvalue weighted by molar-refractivity contribution is 0.0659. The number of fused-ring (bicyclic) bond motifs is 1. The minimum Gasteiger partial charge on any atom is -0.503 e. The number of phenolic OH excluding ortho intramolecular Hbond substituents is 1. The van der Waals surface area contributed by atoms with Crippen molar-refractivity contribution >= 4 is 29.4 Å². The molecule has 1 aromatic heterocycles. The highest BCUT2D eigenvalue weighted by atomic mass is 35.5. The van der Waals surface area contributed by atoms with Gasteiger partial charge in [-0.1, -0.05) is 11.6 Å². The van der Waals surface area contributed by atoms with Crippen LogP contribution in [0.1, 0.15) is 44.2 Å². The molecule has 3 rings (SSSR count). The zero-order chi connectivity index (χ0) is 18.3. The van der Waals surface area contributed by atoms with Crippen LogP contribution in [0.15, 0.2) is 22.1 Å². The highest BCUT2D eigenvalue weighted by Gasteiger charge is 2.31. The van der Waals surface area contributed by atoms with Crippen LogP contribution in [0.2, 0.25) is 5.02 Å². The van der Waals surface area contributed by atoms with Gasteiger partial charge in [0.1, 0.15) is 5.76 Å². The van der Waals surface area contributed by atoms with E-state index in [9.17, 15) is 14.7 Å². The number of benzene rings is 1. The second-order valence-electron chi connectivity index (χ2n) is 5.71. The van der Waals surface area contributed by atoms with Gasteiger partial charge in [-0.2, -0.15) is 0 Å². The molecule has 1 heterocycles. The van der Waals surface area contributed by atoms with Gasteiger partial charge in [0.05, 0.1) is 17.7 Å². The number of carboxylic acid groups (broad SMARTS) is 1. The number of aromatic carboxylic acids is 1. The molecular weight excluding hydrogens is 348 g/mol. The third-order valence-corrected chi connectivity index (χ3v) is 4.45. The third-order valence-electron chi connectivity index (χ3n) is 4.17. The van der Waals surface area contributed by atoms with E-state index >= 15 is 0 Å². The fourth-order valence-electron chi connectivity index (χ4n) is 2.94. The molecule has 0 saturated heterocycles. The van der Waals surface area contributed by atoms with Crippen LogP contribution in [0, 0.1) is 6.92 Å². The molecule has 130 valence electrons. The molecule has 0 atom stereocenters. The van der Waals surface area contributed by atoms with Crippen LogP contribution in [-0.4, -0.2) is 29.1 Å². The minimum atomic E-state index is -1.19. The van der Waals surface area contributed by atoms with E-state index in [4.69, 9.17) is 25.9 Å². The molecule has 1 aromatic carbocycles. The second-order valence-corrected chi connectivity index (χ2v) is 6.12. The number of halogens is 1. The van der Waals surface area contributed by atoms with Gasteiger partial charge in [-0.15, -0.1) is 0 Å². The number of aromatic hydroxyl groups is 1. The summed E-state index contributed by atoms with van der Waals surface area (Å²) in [6.07, 6.45) is 2.51. The number of hydrogen-bond acceptors (Lipinski definition) is 5. The Morgan fingerprint density at radius 2 is 2.08 bits per heavy atom. The number of methoxy groups -OCH3 is 1. The van der Waals surface area contributed by atoms with Crippen molar-refractivity contribution < 1.29 is 29.0 Å². The molecule has 0 saturated carbocycles. The van der Waals surface area contributed by atoms with Crippen molar-refractivity contribution in [2.45, 2.75) is 19.8 Å². The molecule has 0 amide bonds. The van der Waals surface area contributed by atoms with Crippen molar-refractivity contribution in [1.29, 1.82) is 0 Å². The van der Waals surface area contributed by atoms with Crippen molar-refractivity contribution in [2.75, 3.05) is 7.11 Å². The molecule has 0 fully saturated rings. The van der Waals surface area contributed by atoms with E-state index in [-0.39, 0.29) is 28.1 Å². The molecule has 0 radical (unpaired) electrons. The number of phenols is 1. The smallest absolute Gasteiger partial charge is 0.372 e. The summed E-state index contributed by atoms with van der Waals surface area (Å²) < 4.78 is 10.4. The first kappa shape index (κ1) is 17.1. The standard InChI is InChI=1S/C18H15ClO6/c1-8-14-12(25-17(8)18(22)23)4-3-10(15(14)20)5-9-6-11(19)16(21)13(7-9)24-2/h5-7,21H,3-4H2,1-2H3,(H,22,23). The number of aryl methyl sites for hydroxylation is 1. The Bertz CT molecular complexity index is 922. The largest absolute Gasteiger partial charge is 0.503 e. The van der Waals surface area contributed by atoms with Gasteiger partial charge >= 0.3 is 5.97 Å². The third kappa shape index (κ3) is 2.89. The molecule has 0 unspecified atom stereocenters. The van der Waals surface area contributed by atoms with E-state index in [1.807, 2.05) is 0 Å². The summed E-state index contributed by atoms with van der Waals surface area (Å²) in [4.78, 5) is 23.9. The molecule has 0 bridgehead atoms. The Hall–Kier alpha value is -2.73. The van der Waals surface area contributed by atoms with E-state index < -0.39 is 5.97 Å².